The van der Waals surface area contributed by atoms with E-state index in [4.69, 9.17) is 4.74 Å². The molecule has 3 rings (SSSR count). The minimum Gasteiger partial charge on any atom is -0.479 e. The van der Waals surface area contributed by atoms with Crippen molar-refractivity contribution < 1.29 is 46.3 Å². The Hall–Kier alpha value is -4.49. The van der Waals surface area contributed by atoms with Crippen molar-refractivity contribution >= 4 is 29.4 Å². The third kappa shape index (κ3) is 9.51. The lowest BCUT2D eigenvalue weighted by molar-refractivity contribution is -0.141. The van der Waals surface area contributed by atoms with Crippen molar-refractivity contribution in [2.45, 2.75) is 51.6 Å². The maximum absolute atomic E-state index is 14.0. The predicted octanol–water partition coefficient (Wildman–Crippen LogP) is 2.09. The Labute approximate surface area is 251 Å². The summed E-state index contributed by atoms with van der Waals surface area (Å²) in [5.74, 6) is -13.8. The molecule has 0 unspecified atom stereocenters. The number of hydrogen-bond donors (Lipinski definition) is 4. The zero-order valence-electron chi connectivity index (χ0n) is 24.2. The molecule has 1 heterocycles. The van der Waals surface area contributed by atoms with Crippen LogP contribution in [0.5, 0.6) is 5.75 Å². The van der Waals surface area contributed by atoms with Gasteiger partial charge < -0.3 is 26.0 Å². The summed E-state index contributed by atoms with van der Waals surface area (Å²) in [7, 11) is 0. The van der Waals surface area contributed by atoms with E-state index in [0.29, 0.717) is 19.4 Å². The average Bonchev–Trinajstić information content (AvgIpc) is 3.39. The van der Waals surface area contributed by atoms with Gasteiger partial charge in [-0.3, -0.25) is 24.0 Å². The molecule has 4 N–H and O–H groups in total. The third-order valence-corrected chi connectivity index (χ3v) is 6.90. The standard InChI is InChI=1S/C30H34F4N4O6/c1-16(2)12-22(38-30(43)29(42)36-10-8-17-6-4-3-5-7-17)28(41)37-21(13-18-9-11-35-27(18)40)23(39)15-44-26-24(33)19(31)14-20(32)25(26)34/h3-7,14,16,18,21-22H,8-13,15H2,1-2H3,(H,35,40)(H,36,42)(H,37,41)(H,38,43)/t18-,21-,22-/m0/s1. The van der Waals surface area contributed by atoms with E-state index in [1.54, 1.807) is 13.8 Å². The van der Waals surface area contributed by atoms with Crippen molar-refractivity contribution in [1.29, 1.82) is 0 Å². The second-order valence-electron chi connectivity index (χ2n) is 10.8. The van der Waals surface area contributed by atoms with Crippen molar-refractivity contribution in [2.24, 2.45) is 11.8 Å². The largest absolute Gasteiger partial charge is 0.479 e. The molecule has 3 atom stereocenters. The summed E-state index contributed by atoms with van der Waals surface area (Å²) in [6, 6.07) is 6.48. The lowest BCUT2D eigenvalue weighted by atomic mass is 9.95. The van der Waals surface area contributed by atoms with Crippen LogP contribution in [0.3, 0.4) is 0 Å². The van der Waals surface area contributed by atoms with Crippen molar-refractivity contribution in [3.63, 3.8) is 0 Å². The number of rotatable bonds is 14. The number of benzene rings is 2. The molecule has 0 spiro atoms. The first-order valence-electron chi connectivity index (χ1n) is 14.1. The summed E-state index contributed by atoms with van der Waals surface area (Å²) in [4.78, 5) is 63.6. The number of carbonyl (C=O) groups is 5. The van der Waals surface area contributed by atoms with Crippen LogP contribution in [0.2, 0.25) is 0 Å². The lowest BCUT2D eigenvalue weighted by Gasteiger charge is -2.25. The van der Waals surface area contributed by atoms with E-state index in [1.165, 1.54) is 0 Å². The van der Waals surface area contributed by atoms with E-state index in [2.05, 4.69) is 21.3 Å². The summed E-state index contributed by atoms with van der Waals surface area (Å²) >= 11 is 0. The van der Waals surface area contributed by atoms with E-state index in [0.717, 1.165) is 5.56 Å². The number of carbonyl (C=O) groups excluding carboxylic acids is 5. The highest BCUT2D eigenvalue weighted by molar-refractivity contribution is 6.35. The summed E-state index contributed by atoms with van der Waals surface area (Å²) in [5.41, 5.74) is 0.939. The molecule has 2 aromatic rings. The van der Waals surface area contributed by atoms with Crippen LogP contribution in [0.4, 0.5) is 17.6 Å². The Kier molecular flexibility index (Phi) is 12.2. The van der Waals surface area contributed by atoms with Gasteiger partial charge in [-0.15, -0.1) is 0 Å². The first-order valence-corrected chi connectivity index (χ1v) is 14.1. The van der Waals surface area contributed by atoms with Gasteiger partial charge in [-0.25, -0.2) is 8.78 Å². The second kappa shape index (κ2) is 15.8. The van der Waals surface area contributed by atoms with Gasteiger partial charge in [0.25, 0.3) is 0 Å². The quantitative estimate of drug-likeness (QED) is 0.144. The summed E-state index contributed by atoms with van der Waals surface area (Å²) in [5, 5.41) is 9.86. The molecule has 44 heavy (non-hydrogen) atoms. The van der Waals surface area contributed by atoms with Crippen LogP contribution >= 0.6 is 0 Å². The van der Waals surface area contributed by atoms with E-state index in [1.807, 2.05) is 30.3 Å². The fraction of sp³-hybridized carbons (Fsp3) is 0.433. The maximum Gasteiger partial charge on any atom is 0.309 e. The number of nitrogens with one attached hydrogen (secondary N) is 4. The minimum atomic E-state index is -1.85. The molecule has 2 aromatic carbocycles. The number of amides is 4. The van der Waals surface area contributed by atoms with Gasteiger partial charge in [0.05, 0.1) is 6.04 Å². The summed E-state index contributed by atoms with van der Waals surface area (Å²) in [6.07, 6.45) is 0.624. The molecule has 10 nitrogen and oxygen atoms in total. The molecule has 0 bridgehead atoms. The predicted molar refractivity (Wildman–Crippen MR) is 149 cm³/mol. The average molecular weight is 623 g/mol. The number of halogens is 4. The van der Waals surface area contributed by atoms with Crippen molar-refractivity contribution in [3.8, 4) is 5.75 Å². The first-order chi connectivity index (χ1) is 20.9. The smallest absolute Gasteiger partial charge is 0.309 e. The van der Waals surface area contributed by atoms with Crippen LogP contribution in [-0.2, 0) is 30.4 Å². The zero-order valence-corrected chi connectivity index (χ0v) is 24.2. The Morgan fingerprint density at radius 1 is 0.955 bits per heavy atom. The van der Waals surface area contributed by atoms with Crippen LogP contribution in [0.1, 0.15) is 38.7 Å². The molecule has 1 aliphatic rings. The second-order valence-corrected chi connectivity index (χ2v) is 10.8. The highest BCUT2D eigenvalue weighted by Crippen LogP contribution is 2.27. The van der Waals surface area contributed by atoms with Gasteiger partial charge in [0, 0.05) is 25.1 Å². The Bertz CT molecular complexity index is 1350. The highest BCUT2D eigenvalue weighted by Gasteiger charge is 2.34. The fourth-order valence-corrected chi connectivity index (χ4v) is 4.59. The van der Waals surface area contributed by atoms with Gasteiger partial charge in [-0.1, -0.05) is 44.2 Å². The van der Waals surface area contributed by atoms with E-state index in [9.17, 15) is 41.5 Å². The van der Waals surface area contributed by atoms with Crippen LogP contribution in [0, 0.1) is 35.1 Å². The topological polar surface area (TPSA) is 143 Å². The molecular formula is C30H34F4N4O6. The van der Waals surface area contributed by atoms with Gasteiger partial charge in [-0.05, 0) is 37.2 Å². The summed E-state index contributed by atoms with van der Waals surface area (Å²) in [6.45, 7) is 2.88. The Morgan fingerprint density at radius 2 is 1.61 bits per heavy atom. The van der Waals surface area contributed by atoms with Crippen LogP contribution in [-0.4, -0.2) is 61.2 Å². The molecule has 0 aromatic heterocycles. The number of hydrogen-bond acceptors (Lipinski definition) is 6. The van der Waals surface area contributed by atoms with E-state index in [-0.39, 0.29) is 37.3 Å². The molecule has 0 radical (unpaired) electrons. The molecule has 1 aliphatic heterocycles. The van der Waals surface area contributed by atoms with E-state index < -0.39 is 77.1 Å². The monoisotopic (exact) mass is 622 g/mol. The number of ether oxygens (including phenoxy) is 1. The molecule has 1 saturated heterocycles. The molecule has 238 valence electrons. The fourth-order valence-electron chi connectivity index (χ4n) is 4.59. The van der Waals surface area contributed by atoms with Crippen molar-refractivity contribution in [2.75, 3.05) is 19.7 Å². The Balaban J connectivity index is 1.69. The van der Waals surface area contributed by atoms with Crippen LogP contribution in [0.15, 0.2) is 36.4 Å². The molecular weight excluding hydrogens is 588 g/mol. The van der Waals surface area contributed by atoms with Crippen molar-refractivity contribution in [3.05, 3.63) is 65.2 Å². The van der Waals surface area contributed by atoms with Gasteiger partial charge in [-0.2, -0.15) is 8.78 Å². The highest BCUT2D eigenvalue weighted by atomic mass is 19.2. The number of Topliss-reactive ketones (excluding diaryl/α,β-unsaturated/α-hetero) is 1. The third-order valence-electron chi connectivity index (χ3n) is 6.90. The molecule has 4 amide bonds. The summed E-state index contributed by atoms with van der Waals surface area (Å²) < 4.78 is 60.0. The SMILES string of the molecule is CC(C)C[C@H](NC(=O)C(=O)NCCc1ccccc1)C(=O)N[C@@H](C[C@@H]1CCNC1=O)C(=O)COc1c(F)c(F)cc(F)c1F. The van der Waals surface area contributed by atoms with Gasteiger partial charge in [0.2, 0.25) is 23.4 Å². The zero-order chi connectivity index (χ0) is 32.4. The lowest BCUT2D eigenvalue weighted by Crippen LogP contribution is -2.55. The first kappa shape index (κ1) is 34.0. The van der Waals surface area contributed by atoms with Gasteiger partial charge in [0.15, 0.2) is 23.2 Å². The van der Waals surface area contributed by atoms with E-state index >= 15 is 0 Å². The number of ketones is 1. The normalized spacial score (nSPS) is 15.7. The Morgan fingerprint density at radius 3 is 2.20 bits per heavy atom. The van der Waals surface area contributed by atoms with Crippen LogP contribution in [0.25, 0.3) is 0 Å². The molecule has 0 aliphatic carbocycles. The molecule has 0 saturated carbocycles. The van der Waals surface area contributed by atoms with Gasteiger partial charge >= 0.3 is 11.8 Å². The van der Waals surface area contributed by atoms with Crippen LogP contribution < -0.4 is 26.0 Å². The molecule has 1 fully saturated rings. The van der Waals surface area contributed by atoms with Gasteiger partial charge in [0.1, 0.15) is 12.6 Å². The van der Waals surface area contributed by atoms with Crippen molar-refractivity contribution in [1.82, 2.24) is 21.3 Å². The molecule has 14 heteroatoms. The minimum absolute atomic E-state index is 0.0200. The maximum atomic E-state index is 14.0.